The summed E-state index contributed by atoms with van der Waals surface area (Å²) < 4.78 is 5.61. The maximum atomic E-state index is 14.0. The highest BCUT2D eigenvalue weighted by Gasteiger charge is 2.36. The summed E-state index contributed by atoms with van der Waals surface area (Å²) >= 11 is 6.66. The number of anilines is 2. The van der Waals surface area contributed by atoms with E-state index in [1.807, 2.05) is 60.7 Å². The number of benzene rings is 4. The van der Waals surface area contributed by atoms with Crippen LogP contribution in [-0.4, -0.2) is 52.7 Å². The second kappa shape index (κ2) is 12.9. The van der Waals surface area contributed by atoms with Gasteiger partial charge in [0.2, 0.25) is 0 Å². The van der Waals surface area contributed by atoms with Crippen molar-refractivity contribution in [2.75, 3.05) is 23.4 Å². The second-order valence-electron chi connectivity index (χ2n) is 11.5. The van der Waals surface area contributed by atoms with Gasteiger partial charge in [-0.05, 0) is 67.8 Å². The first-order chi connectivity index (χ1) is 21.1. The molecule has 1 aliphatic rings. The number of fused-ring (bicyclic) bond motifs is 1. The molecular formula is C35H34ClN3O5. The molecule has 8 nitrogen and oxygen atoms in total. The first-order valence-electron chi connectivity index (χ1n) is 14.3. The predicted molar refractivity (Wildman–Crippen MR) is 172 cm³/mol. The van der Waals surface area contributed by atoms with Crippen molar-refractivity contribution in [3.8, 4) is 11.1 Å². The van der Waals surface area contributed by atoms with E-state index in [0.29, 0.717) is 16.9 Å². The third-order valence-electron chi connectivity index (χ3n) is 7.25. The third-order valence-corrected chi connectivity index (χ3v) is 7.57. The number of hydrogen-bond acceptors (Lipinski definition) is 5. The maximum absolute atomic E-state index is 14.0. The first-order valence-corrected chi connectivity index (χ1v) is 14.7. The molecule has 0 fully saturated rings. The molecule has 0 saturated carbocycles. The molecule has 3 amide bonds. The van der Waals surface area contributed by atoms with E-state index in [1.54, 1.807) is 51.1 Å². The molecule has 4 aromatic rings. The van der Waals surface area contributed by atoms with Crippen molar-refractivity contribution in [1.82, 2.24) is 4.90 Å². The molecule has 44 heavy (non-hydrogen) atoms. The highest BCUT2D eigenvalue weighted by atomic mass is 35.5. The van der Waals surface area contributed by atoms with Gasteiger partial charge in [-0.1, -0.05) is 78.3 Å². The van der Waals surface area contributed by atoms with Gasteiger partial charge in [-0.15, -0.1) is 0 Å². The fraction of sp³-hybridized carbons (Fsp3) is 0.229. The van der Waals surface area contributed by atoms with E-state index in [-0.39, 0.29) is 36.2 Å². The van der Waals surface area contributed by atoms with Crippen LogP contribution in [-0.2, 0) is 11.3 Å². The van der Waals surface area contributed by atoms with Gasteiger partial charge >= 0.3 is 6.09 Å². The van der Waals surface area contributed by atoms with Gasteiger partial charge in [0, 0.05) is 23.5 Å². The topological polar surface area (TPSA) is 99.2 Å². The zero-order valence-corrected chi connectivity index (χ0v) is 25.5. The van der Waals surface area contributed by atoms with Gasteiger partial charge in [0.25, 0.3) is 11.8 Å². The number of carbonyl (C=O) groups is 3. The Balaban J connectivity index is 1.40. The maximum Gasteiger partial charge on any atom is 0.410 e. The minimum atomic E-state index is -0.729. The van der Waals surface area contributed by atoms with Crippen LogP contribution in [0.1, 0.15) is 47.1 Å². The molecule has 0 aliphatic carbocycles. The Bertz CT molecular complexity index is 1690. The van der Waals surface area contributed by atoms with Crippen LogP contribution in [0.2, 0.25) is 5.02 Å². The van der Waals surface area contributed by atoms with E-state index in [2.05, 4.69) is 5.32 Å². The van der Waals surface area contributed by atoms with Gasteiger partial charge in [-0.3, -0.25) is 14.5 Å². The Kier molecular flexibility index (Phi) is 9.04. The number of aliphatic hydroxyl groups excluding tert-OH is 1. The molecule has 1 aliphatic heterocycles. The molecule has 5 rings (SSSR count). The van der Waals surface area contributed by atoms with Gasteiger partial charge in [0.05, 0.1) is 29.8 Å². The number of rotatable bonds is 5. The average molecular weight is 612 g/mol. The number of carbonyl (C=O) groups excluding carboxylic acids is 3. The van der Waals surface area contributed by atoms with Crippen LogP contribution < -0.4 is 10.2 Å². The molecule has 1 atom stereocenters. The molecule has 9 heteroatoms. The van der Waals surface area contributed by atoms with Crippen molar-refractivity contribution in [2.24, 2.45) is 0 Å². The molecule has 226 valence electrons. The average Bonchev–Trinajstić information content (AvgIpc) is 3.17. The van der Waals surface area contributed by atoms with Crippen molar-refractivity contribution in [3.05, 3.63) is 119 Å². The Hall–Kier alpha value is -4.66. The van der Waals surface area contributed by atoms with E-state index in [4.69, 9.17) is 16.3 Å². The largest absolute Gasteiger partial charge is 0.444 e. The summed E-state index contributed by atoms with van der Waals surface area (Å²) in [7, 11) is 0. The molecule has 0 radical (unpaired) electrons. The molecule has 0 bridgehead atoms. The molecule has 4 aromatic carbocycles. The van der Waals surface area contributed by atoms with Crippen molar-refractivity contribution in [3.63, 3.8) is 0 Å². The van der Waals surface area contributed by atoms with Crippen molar-refractivity contribution < 1.29 is 24.2 Å². The second-order valence-corrected chi connectivity index (χ2v) is 12.0. The number of para-hydroxylation sites is 1. The Morgan fingerprint density at radius 1 is 0.909 bits per heavy atom. The Morgan fingerprint density at radius 3 is 2.30 bits per heavy atom. The Morgan fingerprint density at radius 2 is 1.59 bits per heavy atom. The van der Waals surface area contributed by atoms with Crippen LogP contribution in [0.4, 0.5) is 16.2 Å². The predicted octanol–water partition coefficient (Wildman–Crippen LogP) is 7.02. The van der Waals surface area contributed by atoms with E-state index in [1.165, 1.54) is 15.9 Å². The number of nitrogens with zero attached hydrogens (tertiary/aromatic N) is 2. The monoisotopic (exact) mass is 611 g/mol. The summed E-state index contributed by atoms with van der Waals surface area (Å²) in [6.45, 7) is 5.13. The highest BCUT2D eigenvalue weighted by Crippen LogP contribution is 2.32. The third kappa shape index (κ3) is 6.77. The molecule has 0 spiro atoms. The van der Waals surface area contributed by atoms with Crippen LogP contribution in [0.3, 0.4) is 0 Å². The van der Waals surface area contributed by atoms with Gasteiger partial charge in [0.1, 0.15) is 5.60 Å². The van der Waals surface area contributed by atoms with E-state index >= 15 is 0 Å². The minimum absolute atomic E-state index is 0.0245. The molecule has 2 N–H and O–H groups in total. The summed E-state index contributed by atoms with van der Waals surface area (Å²) in [6.07, 6.45) is -0.576. The lowest BCUT2D eigenvalue weighted by atomic mass is 9.99. The van der Waals surface area contributed by atoms with E-state index in [0.717, 1.165) is 16.7 Å². The fourth-order valence-corrected chi connectivity index (χ4v) is 5.43. The Labute approximate surface area is 261 Å². The summed E-state index contributed by atoms with van der Waals surface area (Å²) in [4.78, 5) is 43.4. The number of nitrogens with one attached hydrogen (secondary N) is 1. The van der Waals surface area contributed by atoms with Crippen molar-refractivity contribution >= 4 is 40.9 Å². The summed E-state index contributed by atoms with van der Waals surface area (Å²) in [5.41, 5.74) is 3.45. The summed E-state index contributed by atoms with van der Waals surface area (Å²) in [5.74, 6) is -0.715. The van der Waals surface area contributed by atoms with E-state index in [9.17, 15) is 19.5 Å². The molecule has 1 unspecified atom stereocenters. The van der Waals surface area contributed by atoms with Crippen LogP contribution >= 0.6 is 11.6 Å². The van der Waals surface area contributed by atoms with E-state index < -0.39 is 23.6 Å². The lowest BCUT2D eigenvalue weighted by Crippen LogP contribution is -2.49. The van der Waals surface area contributed by atoms with Crippen LogP contribution in [0.5, 0.6) is 0 Å². The number of amides is 3. The van der Waals surface area contributed by atoms with Crippen LogP contribution in [0.25, 0.3) is 11.1 Å². The van der Waals surface area contributed by atoms with Gasteiger partial charge in [-0.2, -0.15) is 0 Å². The quantitative estimate of drug-likeness (QED) is 0.253. The van der Waals surface area contributed by atoms with Gasteiger partial charge in [-0.25, -0.2) is 4.79 Å². The van der Waals surface area contributed by atoms with Crippen molar-refractivity contribution in [1.29, 1.82) is 0 Å². The lowest BCUT2D eigenvalue weighted by Gasteiger charge is -2.32. The van der Waals surface area contributed by atoms with Crippen LogP contribution in [0, 0.1) is 0 Å². The lowest BCUT2D eigenvalue weighted by molar-refractivity contribution is 0.00864. The zero-order valence-electron chi connectivity index (χ0n) is 24.8. The number of aliphatic hydroxyl groups is 1. The minimum Gasteiger partial charge on any atom is -0.444 e. The SMILES string of the molecule is CC(C)(C)OC(=O)N1Cc2ccccc2N(C(=O)c2ccc(NC(=O)c3ccccc3-c3ccccc3)cc2Cl)CC1CO. The smallest absolute Gasteiger partial charge is 0.410 e. The van der Waals surface area contributed by atoms with Crippen LogP contribution in [0.15, 0.2) is 97.1 Å². The van der Waals surface area contributed by atoms with Crippen molar-refractivity contribution in [2.45, 2.75) is 39.0 Å². The standard InChI is InChI=1S/C35H34ClN3O5/c1-35(2,3)44-34(43)38-20-24-13-7-10-16-31(24)39(21-26(38)22-40)33(42)29-18-17-25(19-30(29)36)37-32(41)28-15-9-8-14-27(28)23-11-5-4-6-12-23/h4-19,26,40H,20-22H2,1-3H3,(H,37,41). The zero-order chi connectivity index (χ0) is 31.4. The highest BCUT2D eigenvalue weighted by molar-refractivity contribution is 6.35. The summed E-state index contributed by atoms with van der Waals surface area (Å²) in [5, 5.41) is 13.3. The fourth-order valence-electron chi connectivity index (χ4n) is 5.17. The molecule has 0 saturated heterocycles. The summed E-state index contributed by atoms with van der Waals surface area (Å²) in [6, 6.07) is 28.3. The number of halogens is 1. The van der Waals surface area contributed by atoms with Gasteiger partial charge in [0.15, 0.2) is 0 Å². The number of ether oxygens (including phenoxy) is 1. The normalized spacial score (nSPS) is 14.8. The molecular weight excluding hydrogens is 578 g/mol. The number of hydrogen-bond donors (Lipinski definition) is 2. The first kappa shape index (κ1) is 30.8. The van der Waals surface area contributed by atoms with Gasteiger partial charge < -0.3 is 20.1 Å². The molecule has 0 aromatic heterocycles. The molecule has 1 heterocycles.